The first-order valence-electron chi connectivity index (χ1n) is 8.17. The Hall–Kier alpha value is -3.15. The fraction of sp³-hybridized carbons (Fsp3) is 0.158. The van der Waals surface area contributed by atoms with E-state index in [1.54, 1.807) is 12.1 Å². The number of amides is 1. The lowest BCUT2D eigenvalue weighted by Crippen LogP contribution is -2.25. The second kappa shape index (κ2) is 6.39. The van der Waals surface area contributed by atoms with Gasteiger partial charge in [-0.2, -0.15) is 0 Å². The van der Waals surface area contributed by atoms with Gasteiger partial charge in [-0.25, -0.2) is 9.37 Å². The number of hydrogen-bond donors (Lipinski definition) is 2. The van der Waals surface area contributed by atoms with Crippen molar-refractivity contribution >= 4 is 27.8 Å². The smallest absolute Gasteiger partial charge is 0.267 e. The van der Waals surface area contributed by atoms with Crippen LogP contribution in [0.1, 0.15) is 16.9 Å². The predicted octanol–water partition coefficient (Wildman–Crippen LogP) is 3.48. The second-order valence-corrected chi connectivity index (χ2v) is 5.95. The molecule has 0 radical (unpaired) electrons. The lowest BCUT2D eigenvalue weighted by molar-refractivity contribution is 0.0948. The number of nitrogens with one attached hydrogen (secondary N) is 2. The zero-order valence-electron chi connectivity index (χ0n) is 13.5. The number of carbonyl (C=O) groups excluding carboxylic acids is 1. The number of aromatic amines is 1. The molecule has 25 heavy (non-hydrogen) atoms. The highest BCUT2D eigenvalue weighted by Gasteiger charge is 2.09. The van der Waals surface area contributed by atoms with Crippen molar-refractivity contribution in [2.75, 3.05) is 6.54 Å². The van der Waals surface area contributed by atoms with Gasteiger partial charge in [0.05, 0.1) is 17.4 Å². The van der Waals surface area contributed by atoms with E-state index in [0.717, 1.165) is 29.5 Å². The Kier molecular flexibility index (Phi) is 3.93. The molecule has 0 spiro atoms. The Morgan fingerprint density at radius 2 is 2.08 bits per heavy atom. The third-order valence-electron chi connectivity index (χ3n) is 4.22. The van der Waals surface area contributed by atoms with Gasteiger partial charge in [0.25, 0.3) is 5.91 Å². The van der Waals surface area contributed by atoms with Crippen LogP contribution in [0.5, 0.6) is 0 Å². The van der Waals surface area contributed by atoms with Crippen LogP contribution >= 0.6 is 0 Å². The monoisotopic (exact) mass is 336 g/mol. The zero-order valence-corrected chi connectivity index (χ0v) is 13.5. The third kappa shape index (κ3) is 3.10. The van der Waals surface area contributed by atoms with Crippen LogP contribution in [-0.4, -0.2) is 27.0 Å². The first-order chi connectivity index (χ1) is 12.2. The molecule has 0 atom stereocenters. The molecule has 2 aromatic carbocycles. The molecule has 2 aromatic heterocycles. The van der Waals surface area contributed by atoms with Gasteiger partial charge in [-0.05, 0) is 42.8 Å². The molecular formula is C19H17FN4O. The highest BCUT2D eigenvalue weighted by atomic mass is 19.1. The van der Waals surface area contributed by atoms with Crippen molar-refractivity contribution in [3.63, 3.8) is 0 Å². The van der Waals surface area contributed by atoms with Crippen molar-refractivity contribution in [1.29, 1.82) is 0 Å². The van der Waals surface area contributed by atoms with Crippen molar-refractivity contribution in [3.8, 4) is 0 Å². The number of aryl methyl sites for hydroxylation is 1. The first-order valence-corrected chi connectivity index (χ1v) is 8.17. The number of hydrogen-bond acceptors (Lipinski definition) is 2. The maximum absolute atomic E-state index is 13.2. The number of aromatic nitrogens is 3. The van der Waals surface area contributed by atoms with Crippen LogP contribution in [0.25, 0.3) is 21.9 Å². The summed E-state index contributed by atoms with van der Waals surface area (Å²) in [6.45, 7) is 1.33. The highest BCUT2D eigenvalue weighted by Crippen LogP contribution is 2.16. The van der Waals surface area contributed by atoms with Crippen LogP contribution in [0.4, 0.5) is 4.39 Å². The molecule has 1 amide bonds. The molecule has 2 heterocycles. The van der Waals surface area contributed by atoms with Crippen molar-refractivity contribution in [2.45, 2.75) is 13.0 Å². The Morgan fingerprint density at radius 3 is 3.00 bits per heavy atom. The first kappa shape index (κ1) is 15.4. The van der Waals surface area contributed by atoms with Gasteiger partial charge in [0, 0.05) is 24.0 Å². The minimum absolute atomic E-state index is 0.188. The lowest BCUT2D eigenvalue weighted by atomic mass is 10.2. The van der Waals surface area contributed by atoms with Crippen LogP contribution in [0, 0.1) is 5.82 Å². The number of para-hydroxylation sites is 2. The number of fused-ring (bicyclic) bond motifs is 2. The molecule has 0 aliphatic heterocycles. The minimum Gasteiger partial charge on any atom is -0.351 e. The summed E-state index contributed by atoms with van der Waals surface area (Å²) in [6.07, 6.45) is 2.61. The zero-order chi connectivity index (χ0) is 17.2. The van der Waals surface area contributed by atoms with Gasteiger partial charge in [0.1, 0.15) is 11.5 Å². The summed E-state index contributed by atoms with van der Waals surface area (Å²) < 4.78 is 15.3. The Bertz CT molecular complexity index is 1050. The third-order valence-corrected chi connectivity index (χ3v) is 4.22. The summed E-state index contributed by atoms with van der Waals surface area (Å²) in [6, 6.07) is 14.0. The number of nitrogens with zero attached hydrogens (tertiary/aromatic N) is 2. The fourth-order valence-electron chi connectivity index (χ4n) is 2.96. The molecule has 0 aliphatic carbocycles. The number of benzene rings is 2. The molecule has 0 bridgehead atoms. The van der Waals surface area contributed by atoms with Gasteiger partial charge < -0.3 is 14.9 Å². The molecule has 0 unspecified atom stereocenters. The van der Waals surface area contributed by atoms with E-state index >= 15 is 0 Å². The van der Waals surface area contributed by atoms with Crippen molar-refractivity contribution < 1.29 is 9.18 Å². The van der Waals surface area contributed by atoms with Gasteiger partial charge in [-0.15, -0.1) is 0 Å². The molecule has 4 aromatic rings. The van der Waals surface area contributed by atoms with Gasteiger partial charge >= 0.3 is 0 Å². The molecule has 0 aliphatic rings. The molecule has 5 nitrogen and oxygen atoms in total. The molecule has 4 rings (SSSR count). The molecule has 0 saturated carbocycles. The lowest BCUT2D eigenvalue weighted by Gasteiger charge is -2.06. The summed E-state index contributed by atoms with van der Waals surface area (Å²) >= 11 is 0. The summed E-state index contributed by atoms with van der Waals surface area (Å²) in [7, 11) is 0. The van der Waals surface area contributed by atoms with Crippen LogP contribution in [0.15, 0.2) is 54.9 Å². The molecular weight excluding hydrogens is 319 g/mol. The quantitative estimate of drug-likeness (QED) is 0.548. The Balaban J connectivity index is 1.35. The number of H-pyrrole nitrogens is 1. The summed E-state index contributed by atoms with van der Waals surface area (Å²) in [5.74, 6) is -0.502. The van der Waals surface area contributed by atoms with E-state index in [-0.39, 0.29) is 11.7 Å². The standard InChI is InChI=1S/C19H17FN4O/c20-14-6-7-15-13(10-14)11-17(23-15)19(25)21-8-3-9-24-12-22-16-4-1-2-5-18(16)24/h1-2,4-7,10-12,23H,3,8-9H2,(H,21,25). The normalized spacial score (nSPS) is 11.2. The van der Waals surface area contributed by atoms with Crippen LogP contribution in [0.3, 0.4) is 0 Å². The van der Waals surface area contributed by atoms with Crippen LogP contribution in [-0.2, 0) is 6.54 Å². The van der Waals surface area contributed by atoms with E-state index in [9.17, 15) is 9.18 Å². The average molecular weight is 336 g/mol. The van der Waals surface area contributed by atoms with E-state index in [1.165, 1.54) is 12.1 Å². The predicted molar refractivity (Wildman–Crippen MR) is 94.9 cm³/mol. The summed E-state index contributed by atoms with van der Waals surface area (Å²) in [5, 5.41) is 3.58. The van der Waals surface area contributed by atoms with E-state index in [2.05, 4.69) is 19.9 Å². The number of halogens is 1. The number of imidazole rings is 1. The molecule has 0 fully saturated rings. The van der Waals surface area contributed by atoms with Gasteiger partial charge in [-0.1, -0.05) is 12.1 Å². The van der Waals surface area contributed by atoms with E-state index < -0.39 is 0 Å². The largest absolute Gasteiger partial charge is 0.351 e. The number of carbonyl (C=O) groups is 1. The SMILES string of the molecule is O=C(NCCCn1cnc2ccccc21)c1cc2cc(F)ccc2[nH]1. The molecule has 6 heteroatoms. The topological polar surface area (TPSA) is 62.7 Å². The van der Waals surface area contributed by atoms with Crippen molar-refractivity contribution in [2.24, 2.45) is 0 Å². The van der Waals surface area contributed by atoms with Gasteiger partial charge in [-0.3, -0.25) is 4.79 Å². The molecule has 2 N–H and O–H groups in total. The summed E-state index contributed by atoms with van der Waals surface area (Å²) in [4.78, 5) is 19.6. The van der Waals surface area contributed by atoms with E-state index in [0.29, 0.717) is 17.6 Å². The molecule has 126 valence electrons. The maximum atomic E-state index is 13.2. The summed E-state index contributed by atoms with van der Waals surface area (Å²) in [5.41, 5.74) is 3.24. The average Bonchev–Trinajstić information content (AvgIpc) is 3.22. The van der Waals surface area contributed by atoms with Crippen molar-refractivity contribution in [1.82, 2.24) is 19.9 Å². The second-order valence-electron chi connectivity index (χ2n) is 5.95. The maximum Gasteiger partial charge on any atom is 0.267 e. The fourth-order valence-corrected chi connectivity index (χ4v) is 2.96. The highest BCUT2D eigenvalue weighted by molar-refractivity contribution is 5.97. The van der Waals surface area contributed by atoms with Crippen molar-refractivity contribution in [3.05, 3.63) is 66.4 Å². The van der Waals surface area contributed by atoms with Crippen LogP contribution < -0.4 is 5.32 Å². The number of rotatable bonds is 5. The van der Waals surface area contributed by atoms with E-state index in [4.69, 9.17) is 0 Å². The Labute approximate surface area is 143 Å². The van der Waals surface area contributed by atoms with Crippen LogP contribution in [0.2, 0.25) is 0 Å². The van der Waals surface area contributed by atoms with Gasteiger partial charge in [0.2, 0.25) is 0 Å². The molecule has 0 saturated heterocycles. The minimum atomic E-state index is -0.314. The Morgan fingerprint density at radius 1 is 1.20 bits per heavy atom. The van der Waals surface area contributed by atoms with E-state index in [1.807, 2.05) is 30.6 Å². The van der Waals surface area contributed by atoms with Gasteiger partial charge in [0.15, 0.2) is 0 Å².